The first kappa shape index (κ1) is 20.9. The lowest BCUT2D eigenvalue weighted by Crippen LogP contribution is -2.49. The molecule has 0 bridgehead atoms. The van der Waals surface area contributed by atoms with Gasteiger partial charge in [-0.1, -0.05) is 24.3 Å². The highest BCUT2D eigenvalue weighted by molar-refractivity contribution is 7.10. The van der Waals surface area contributed by atoms with Crippen LogP contribution in [0.15, 0.2) is 66.0 Å². The molecule has 0 spiro atoms. The maximum absolute atomic E-state index is 13.1. The molecule has 1 aliphatic rings. The van der Waals surface area contributed by atoms with Crippen molar-refractivity contribution in [3.8, 4) is 5.75 Å². The van der Waals surface area contributed by atoms with E-state index in [-0.39, 0.29) is 11.9 Å². The average molecular weight is 436 g/mol. The molecule has 1 aromatic heterocycles. The van der Waals surface area contributed by atoms with Crippen molar-refractivity contribution in [3.63, 3.8) is 0 Å². The van der Waals surface area contributed by atoms with Crippen LogP contribution in [0, 0.1) is 0 Å². The van der Waals surface area contributed by atoms with Crippen molar-refractivity contribution >= 4 is 34.6 Å². The monoisotopic (exact) mass is 435 g/mol. The second-order valence-corrected chi connectivity index (χ2v) is 8.44. The second-order valence-electron chi connectivity index (χ2n) is 7.41. The summed E-state index contributed by atoms with van der Waals surface area (Å²) >= 11 is 1.56. The Kier molecular flexibility index (Phi) is 6.52. The van der Waals surface area contributed by atoms with Gasteiger partial charge in [0.2, 0.25) is 5.91 Å². The SMILES string of the molecule is COc1ccc(CN2CCCN(c3cccc(NC(=O)Cc4cccs4)c3)C2=O)cc1. The third kappa shape index (κ3) is 5.24. The number of anilines is 2. The number of thiophene rings is 1. The number of benzene rings is 2. The first-order valence-electron chi connectivity index (χ1n) is 10.2. The second kappa shape index (κ2) is 9.66. The van der Waals surface area contributed by atoms with Crippen LogP contribution in [0.5, 0.6) is 5.75 Å². The van der Waals surface area contributed by atoms with Crippen molar-refractivity contribution in [2.75, 3.05) is 30.4 Å². The average Bonchev–Trinajstić information content (AvgIpc) is 3.29. The fourth-order valence-corrected chi connectivity index (χ4v) is 4.35. The van der Waals surface area contributed by atoms with Crippen molar-refractivity contribution < 1.29 is 14.3 Å². The highest BCUT2D eigenvalue weighted by Crippen LogP contribution is 2.25. The van der Waals surface area contributed by atoms with Gasteiger partial charge in [0.15, 0.2) is 0 Å². The van der Waals surface area contributed by atoms with Crippen LogP contribution in [-0.2, 0) is 17.8 Å². The largest absolute Gasteiger partial charge is 0.497 e. The summed E-state index contributed by atoms with van der Waals surface area (Å²) in [6.07, 6.45) is 1.23. The fourth-order valence-electron chi connectivity index (χ4n) is 3.65. The molecule has 160 valence electrons. The quantitative estimate of drug-likeness (QED) is 0.581. The van der Waals surface area contributed by atoms with E-state index in [0.29, 0.717) is 25.2 Å². The van der Waals surface area contributed by atoms with E-state index in [2.05, 4.69) is 5.32 Å². The molecule has 3 aromatic rings. The van der Waals surface area contributed by atoms with Crippen LogP contribution >= 0.6 is 11.3 Å². The Hall–Kier alpha value is -3.32. The van der Waals surface area contributed by atoms with Gasteiger partial charge in [-0.3, -0.25) is 9.69 Å². The lowest BCUT2D eigenvalue weighted by atomic mass is 10.1. The third-order valence-corrected chi connectivity index (χ3v) is 6.08. The molecule has 0 radical (unpaired) electrons. The summed E-state index contributed by atoms with van der Waals surface area (Å²) in [5.41, 5.74) is 2.54. The van der Waals surface area contributed by atoms with Crippen molar-refractivity contribution in [2.24, 2.45) is 0 Å². The number of amides is 3. The molecule has 1 N–H and O–H groups in total. The van der Waals surface area contributed by atoms with Gasteiger partial charge < -0.3 is 15.0 Å². The van der Waals surface area contributed by atoms with Crippen molar-refractivity contribution in [1.29, 1.82) is 0 Å². The first-order valence-corrected chi connectivity index (χ1v) is 11.1. The predicted molar refractivity (Wildman–Crippen MR) is 124 cm³/mol. The summed E-state index contributed by atoms with van der Waals surface area (Å²) in [4.78, 5) is 30.1. The smallest absolute Gasteiger partial charge is 0.324 e. The van der Waals surface area contributed by atoms with Crippen molar-refractivity contribution in [3.05, 3.63) is 76.5 Å². The van der Waals surface area contributed by atoms with Gasteiger partial charge in [0, 0.05) is 35.9 Å². The molecule has 0 atom stereocenters. The number of methoxy groups -OCH3 is 1. The number of hydrogen-bond acceptors (Lipinski definition) is 4. The van der Waals surface area contributed by atoms with E-state index in [9.17, 15) is 9.59 Å². The maximum Gasteiger partial charge on any atom is 0.324 e. The molecule has 6 nitrogen and oxygen atoms in total. The molecule has 3 amide bonds. The van der Waals surface area contributed by atoms with Gasteiger partial charge in [-0.05, 0) is 53.8 Å². The van der Waals surface area contributed by atoms with Crippen molar-refractivity contribution in [1.82, 2.24) is 4.90 Å². The fraction of sp³-hybridized carbons (Fsp3) is 0.250. The van der Waals surface area contributed by atoms with Crippen LogP contribution in [0.1, 0.15) is 16.9 Å². The molecule has 1 aliphatic heterocycles. The van der Waals surface area contributed by atoms with Gasteiger partial charge >= 0.3 is 6.03 Å². The summed E-state index contributed by atoms with van der Waals surface area (Å²) in [5, 5.41) is 4.90. The van der Waals surface area contributed by atoms with E-state index in [1.165, 1.54) is 0 Å². The van der Waals surface area contributed by atoms with E-state index in [1.54, 1.807) is 23.3 Å². The highest BCUT2D eigenvalue weighted by Gasteiger charge is 2.27. The zero-order valence-corrected chi connectivity index (χ0v) is 18.2. The van der Waals surface area contributed by atoms with E-state index in [1.807, 2.05) is 70.9 Å². The van der Waals surface area contributed by atoms with Gasteiger partial charge in [0.1, 0.15) is 5.75 Å². The van der Waals surface area contributed by atoms with Gasteiger partial charge in [-0.15, -0.1) is 11.3 Å². The zero-order chi connectivity index (χ0) is 21.6. The summed E-state index contributed by atoms with van der Waals surface area (Å²) in [7, 11) is 1.64. The predicted octanol–water partition coefficient (Wildman–Crippen LogP) is 4.77. The minimum Gasteiger partial charge on any atom is -0.497 e. The molecular weight excluding hydrogens is 410 g/mol. The van der Waals surface area contributed by atoms with Gasteiger partial charge in [-0.25, -0.2) is 4.79 Å². The van der Waals surface area contributed by atoms with Crippen LogP contribution < -0.4 is 15.0 Å². The maximum atomic E-state index is 13.1. The lowest BCUT2D eigenvalue weighted by Gasteiger charge is -2.36. The third-order valence-electron chi connectivity index (χ3n) is 5.20. The molecule has 7 heteroatoms. The normalized spacial score (nSPS) is 13.9. The first-order chi connectivity index (χ1) is 15.1. The summed E-state index contributed by atoms with van der Waals surface area (Å²) in [6, 6.07) is 19.1. The molecule has 1 fully saturated rings. The minimum atomic E-state index is -0.0642. The Balaban J connectivity index is 1.42. The Bertz CT molecular complexity index is 1030. The number of carbonyl (C=O) groups is 2. The van der Waals surface area contributed by atoms with Crippen LogP contribution in [0.25, 0.3) is 0 Å². The number of urea groups is 1. The minimum absolute atomic E-state index is 0.0240. The number of nitrogens with zero attached hydrogens (tertiary/aromatic N) is 2. The van der Waals surface area contributed by atoms with E-state index < -0.39 is 0 Å². The topological polar surface area (TPSA) is 61.9 Å². The van der Waals surface area contributed by atoms with Crippen LogP contribution in [0.2, 0.25) is 0 Å². The molecule has 1 saturated heterocycles. The van der Waals surface area contributed by atoms with Gasteiger partial charge in [0.05, 0.1) is 13.5 Å². The number of carbonyl (C=O) groups excluding carboxylic acids is 2. The Labute approximate surface area is 186 Å². The van der Waals surface area contributed by atoms with Gasteiger partial charge in [-0.2, -0.15) is 0 Å². The summed E-state index contributed by atoms with van der Waals surface area (Å²) in [5.74, 6) is 0.735. The molecule has 2 aromatic carbocycles. The number of nitrogens with one attached hydrogen (secondary N) is 1. The van der Waals surface area contributed by atoms with Crippen LogP contribution in [0.3, 0.4) is 0 Å². The molecule has 31 heavy (non-hydrogen) atoms. The summed E-state index contributed by atoms with van der Waals surface area (Å²) < 4.78 is 5.20. The van der Waals surface area contributed by atoms with E-state index in [4.69, 9.17) is 4.74 Å². The number of rotatable bonds is 7. The Morgan fingerprint density at radius 1 is 1.10 bits per heavy atom. The van der Waals surface area contributed by atoms with E-state index in [0.717, 1.165) is 34.8 Å². The molecule has 2 heterocycles. The zero-order valence-electron chi connectivity index (χ0n) is 17.4. The number of hydrogen-bond donors (Lipinski definition) is 1. The standard InChI is InChI=1S/C24H25N3O3S/c1-30-21-10-8-18(9-11-21)17-26-12-4-13-27(24(26)29)20-6-2-5-19(15-20)25-23(28)16-22-7-3-14-31-22/h2-3,5-11,14-15H,4,12-13,16-17H2,1H3,(H,25,28). The van der Waals surface area contributed by atoms with Gasteiger partial charge in [0.25, 0.3) is 0 Å². The van der Waals surface area contributed by atoms with E-state index >= 15 is 0 Å². The van der Waals surface area contributed by atoms with Crippen LogP contribution in [-0.4, -0.2) is 37.0 Å². The van der Waals surface area contributed by atoms with Crippen molar-refractivity contribution in [2.45, 2.75) is 19.4 Å². The lowest BCUT2D eigenvalue weighted by molar-refractivity contribution is -0.115. The molecule has 0 unspecified atom stereocenters. The molecular formula is C24H25N3O3S. The molecule has 0 aliphatic carbocycles. The molecule has 0 saturated carbocycles. The highest BCUT2D eigenvalue weighted by atomic mass is 32.1. The summed E-state index contributed by atoms with van der Waals surface area (Å²) in [6.45, 7) is 1.93. The molecule has 4 rings (SSSR count). The Morgan fingerprint density at radius 3 is 2.68 bits per heavy atom. The number of ether oxygens (including phenoxy) is 1. The Morgan fingerprint density at radius 2 is 1.94 bits per heavy atom. The van der Waals surface area contributed by atoms with Crippen LogP contribution in [0.4, 0.5) is 16.2 Å².